The minimum Gasteiger partial charge on any atom is -0.508 e. The fraction of sp³-hybridized carbons (Fsp3) is 0.476. The van der Waals surface area contributed by atoms with Crippen molar-refractivity contribution in [2.75, 3.05) is 6.54 Å². The summed E-state index contributed by atoms with van der Waals surface area (Å²) in [7, 11) is 0. The van der Waals surface area contributed by atoms with E-state index in [2.05, 4.69) is 16.0 Å². The van der Waals surface area contributed by atoms with Crippen LogP contribution in [0.25, 0.3) is 0 Å². The standard InChI is InChI=1S/C21H30N4O8/c1-11(2)18(25-16(27)10-23-19(30)14(22)7-8-17(28)29)20(31)24-15(21(32)33)9-12-3-5-13(26)6-4-12/h3-6,11,14-15,18,26H,7-10,22H2,1-2H3,(H,23,30)(H,24,31)(H,25,27)(H,28,29)(H,32,33). The first kappa shape index (κ1) is 27.4. The van der Waals surface area contributed by atoms with Crippen molar-refractivity contribution in [1.82, 2.24) is 16.0 Å². The highest BCUT2D eigenvalue weighted by molar-refractivity contribution is 5.92. The summed E-state index contributed by atoms with van der Waals surface area (Å²) in [6, 6.07) is 2.41. The van der Waals surface area contributed by atoms with Crippen LogP contribution in [0.4, 0.5) is 0 Å². The number of carbonyl (C=O) groups is 5. The van der Waals surface area contributed by atoms with Crippen LogP contribution in [0, 0.1) is 5.92 Å². The monoisotopic (exact) mass is 466 g/mol. The fourth-order valence-corrected chi connectivity index (χ4v) is 2.80. The van der Waals surface area contributed by atoms with Gasteiger partial charge >= 0.3 is 11.9 Å². The minimum atomic E-state index is -1.27. The van der Waals surface area contributed by atoms with Gasteiger partial charge in [-0.25, -0.2) is 4.79 Å². The molecule has 0 spiro atoms. The Morgan fingerprint density at radius 2 is 1.58 bits per heavy atom. The summed E-state index contributed by atoms with van der Waals surface area (Å²) in [4.78, 5) is 58.9. The highest BCUT2D eigenvalue weighted by atomic mass is 16.4. The second-order valence-corrected chi connectivity index (χ2v) is 7.82. The van der Waals surface area contributed by atoms with Gasteiger partial charge in [0.2, 0.25) is 17.7 Å². The second-order valence-electron chi connectivity index (χ2n) is 7.82. The maximum Gasteiger partial charge on any atom is 0.326 e. The fourth-order valence-electron chi connectivity index (χ4n) is 2.80. The van der Waals surface area contributed by atoms with Crippen molar-refractivity contribution in [2.45, 2.75) is 51.2 Å². The van der Waals surface area contributed by atoms with Crippen LogP contribution < -0.4 is 21.7 Å². The van der Waals surface area contributed by atoms with Crippen LogP contribution in [0.3, 0.4) is 0 Å². The van der Waals surface area contributed by atoms with Gasteiger partial charge in [-0.15, -0.1) is 0 Å². The first-order valence-electron chi connectivity index (χ1n) is 10.3. The maximum atomic E-state index is 12.7. The molecule has 3 amide bonds. The van der Waals surface area contributed by atoms with Gasteiger partial charge in [-0.1, -0.05) is 26.0 Å². The van der Waals surface area contributed by atoms with Gasteiger partial charge in [0, 0.05) is 12.8 Å². The van der Waals surface area contributed by atoms with E-state index in [9.17, 15) is 34.2 Å². The maximum absolute atomic E-state index is 12.7. The number of carboxylic acid groups (broad SMARTS) is 2. The van der Waals surface area contributed by atoms with Gasteiger partial charge in [-0.3, -0.25) is 19.2 Å². The molecule has 0 heterocycles. The molecule has 0 aliphatic carbocycles. The number of nitrogens with one attached hydrogen (secondary N) is 3. The average molecular weight is 466 g/mol. The molecule has 3 atom stereocenters. The van der Waals surface area contributed by atoms with Crippen molar-refractivity contribution in [2.24, 2.45) is 11.7 Å². The highest BCUT2D eigenvalue weighted by Crippen LogP contribution is 2.12. The van der Waals surface area contributed by atoms with Crippen LogP contribution in [0.1, 0.15) is 32.3 Å². The molecule has 1 aromatic carbocycles. The molecule has 12 heteroatoms. The number of phenols is 1. The number of carbonyl (C=O) groups excluding carboxylic acids is 3. The third-order valence-corrected chi connectivity index (χ3v) is 4.69. The van der Waals surface area contributed by atoms with Gasteiger partial charge in [-0.05, 0) is 30.0 Å². The minimum absolute atomic E-state index is 0.0205. The number of hydrogen-bond acceptors (Lipinski definition) is 7. The Labute approximate surface area is 190 Å². The Morgan fingerprint density at radius 3 is 2.09 bits per heavy atom. The van der Waals surface area contributed by atoms with Crippen molar-refractivity contribution in [3.05, 3.63) is 29.8 Å². The molecule has 0 bridgehead atoms. The van der Waals surface area contributed by atoms with Crippen molar-refractivity contribution in [3.63, 3.8) is 0 Å². The zero-order valence-corrected chi connectivity index (χ0v) is 18.4. The van der Waals surface area contributed by atoms with Crippen LogP contribution >= 0.6 is 0 Å². The number of rotatable bonds is 13. The lowest BCUT2D eigenvalue weighted by Crippen LogP contribution is -2.55. The molecule has 3 unspecified atom stereocenters. The molecule has 0 saturated carbocycles. The van der Waals surface area contributed by atoms with E-state index in [0.717, 1.165) is 0 Å². The Morgan fingerprint density at radius 1 is 0.970 bits per heavy atom. The van der Waals surface area contributed by atoms with E-state index in [1.54, 1.807) is 13.8 Å². The lowest BCUT2D eigenvalue weighted by atomic mass is 10.0. The topological polar surface area (TPSA) is 208 Å². The van der Waals surface area contributed by atoms with Crippen molar-refractivity contribution in [1.29, 1.82) is 0 Å². The van der Waals surface area contributed by atoms with E-state index in [0.29, 0.717) is 5.56 Å². The van der Waals surface area contributed by atoms with E-state index in [1.165, 1.54) is 24.3 Å². The number of aliphatic carboxylic acids is 2. The highest BCUT2D eigenvalue weighted by Gasteiger charge is 2.29. The first-order chi connectivity index (χ1) is 15.4. The van der Waals surface area contributed by atoms with Gasteiger partial charge in [0.1, 0.15) is 17.8 Å². The molecule has 12 nitrogen and oxygen atoms in total. The molecule has 182 valence electrons. The summed E-state index contributed by atoms with van der Waals surface area (Å²) >= 11 is 0. The first-order valence-corrected chi connectivity index (χ1v) is 10.3. The third kappa shape index (κ3) is 9.99. The van der Waals surface area contributed by atoms with Crippen LogP contribution in [0.5, 0.6) is 5.75 Å². The van der Waals surface area contributed by atoms with Crippen molar-refractivity contribution >= 4 is 29.7 Å². The summed E-state index contributed by atoms with van der Waals surface area (Å²) in [6.45, 7) is 2.81. The number of amides is 3. The zero-order valence-electron chi connectivity index (χ0n) is 18.4. The van der Waals surface area contributed by atoms with Crippen LogP contribution in [0.15, 0.2) is 24.3 Å². The largest absolute Gasteiger partial charge is 0.508 e. The number of phenolic OH excluding ortho intramolecular Hbond substituents is 1. The van der Waals surface area contributed by atoms with Crippen molar-refractivity contribution < 1.29 is 39.3 Å². The molecule has 0 saturated heterocycles. The number of benzene rings is 1. The smallest absolute Gasteiger partial charge is 0.326 e. The van der Waals surface area contributed by atoms with E-state index < -0.39 is 60.2 Å². The van der Waals surface area contributed by atoms with E-state index >= 15 is 0 Å². The molecule has 0 radical (unpaired) electrons. The molecular weight excluding hydrogens is 436 g/mol. The molecule has 1 aromatic rings. The van der Waals surface area contributed by atoms with Gasteiger partial charge in [-0.2, -0.15) is 0 Å². The van der Waals surface area contributed by atoms with Crippen LogP contribution in [-0.2, 0) is 30.4 Å². The number of hydrogen-bond donors (Lipinski definition) is 7. The molecule has 33 heavy (non-hydrogen) atoms. The summed E-state index contributed by atoms with van der Waals surface area (Å²) in [5.74, 6) is -4.88. The van der Waals surface area contributed by atoms with Crippen molar-refractivity contribution in [3.8, 4) is 5.75 Å². The molecule has 0 aliphatic rings. The molecular formula is C21H30N4O8. The summed E-state index contributed by atoms with van der Waals surface area (Å²) in [6.07, 6.45) is -0.437. The van der Waals surface area contributed by atoms with E-state index in [1.807, 2.05) is 0 Å². The lowest BCUT2D eigenvalue weighted by Gasteiger charge is -2.24. The Kier molecular flexibility index (Phi) is 10.8. The summed E-state index contributed by atoms with van der Waals surface area (Å²) in [5.41, 5.74) is 6.14. The number of aromatic hydroxyl groups is 1. The molecule has 0 aliphatic heterocycles. The van der Waals surface area contributed by atoms with E-state index in [4.69, 9.17) is 10.8 Å². The average Bonchev–Trinajstić information content (AvgIpc) is 2.74. The molecule has 0 fully saturated rings. The Bertz CT molecular complexity index is 856. The van der Waals surface area contributed by atoms with E-state index in [-0.39, 0.29) is 25.0 Å². The van der Waals surface area contributed by atoms with Gasteiger partial charge < -0.3 is 37.0 Å². The van der Waals surface area contributed by atoms with Gasteiger partial charge in [0.05, 0.1) is 12.6 Å². The number of nitrogens with two attached hydrogens (primary N) is 1. The molecule has 8 N–H and O–H groups in total. The lowest BCUT2D eigenvalue weighted by molar-refractivity contribution is -0.142. The predicted molar refractivity (Wildman–Crippen MR) is 116 cm³/mol. The zero-order chi connectivity index (χ0) is 25.1. The Hall–Kier alpha value is -3.67. The summed E-state index contributed by atoms with van der Waals surface area (Å²) < 4.78 is 0. The third-order valence-electron chi connectivity index (χ3n) is 4.69. The normalized spacial score (nSPS) is 13.5. The van der Waals surface area contributed by atoms with Gasteiger partial charge in [0.25, 0.3) is 0 Å². The van der Waals surface area contributed by atoms with Crippen LogP contribution in [-0.4, -0.2) is 69.7 Å². The predicted octanol–water partition coefficient (Wildman–Crippen LogP) is -1.05. The Balaban J connectivity index is 2.68. The molecule has 0 aromatic heterocycles. The SMILES string of the molecule is CC(C)C(NC(=O)CNC(=O)C(N)CCC(=O)O)C(=O)NC(Cc1ccc(O)cc1)C(=O)O. The van der Waals surface area contributed by atoms with Crippen LogP contribution in [0.2, 0.25) is 0 Å². The second kappa shape index (κ2) is 13.0. The molecule has 1 rings (SSSR count). The number of carboxylic acids is 2. The van der Waals surface area contributed by atoms with Gasteiger partial charge in [0.15, 0.2) is 0 Å². The summed E-state index contributed by atoms with van der Waals surface area (Å²) in [5, 5.41) is 34.5. The quantitative estimate of drug-likeness (QED) is 0.189.